The van der Waals surface area contributed by atoms with Gasteiger partial charge < -0.3 is 14.0 Å². The van der Waals surface area contributed by atoms with E-state index >= 15 is 0 Å². The van der Waals surface area contributed by atoms with Crippen molar-refractivity contribution < 1.29 is 14.3 Å². The second-order valence-electron chi connectivity index (χ2n) is 8.85. The van der Waals surface area contributed by atoms with Crippen LogP contribution in [0, 0.1) is 0 Å². The van der Waals surface area contributed by atoms with E-state index in [9.17, 15) is 4.79 Å². The van der Waals surface area contributed by atoms with Crippen molar-refractivity contribution in [2.75, 3.05) is 26.8 Å². The number of allylic oxidation sites excluding steroid dienone is 2. The highest BCUT2D eigenvalue weighted by atomic mass is 79.9. The van der Waals surface area contributed by atoms with E-state index < -0.39 is 0 Å². The molecule has 1 aromatic rings. The molecular weight excluding hydrogens is 444 g/mol. The predicted molar refractivity (Wildman–Crippen MR) is 122 cm³/mol. The van der Waals surface area contributed by atoms with Crippen molar-refractivity contribution in [1.29, 1.82) is 0 Å². The van der Waals surface area contributed by atoms with Crippen LogP contribution >= 0.6 is 15.9 Å². The van der Waals surface area contributed by atoms with Gasteiger partial charge in [-0.15, -0.1) is 0 Å². The summed E-state index contributed by atoms with van der Waals surface area (Å²) < 4.78 is 14.9. The Morgan fingerprint density at radius 2 is 1.77 bits per heavy atom. The maximum atomic E-state index is 13.2. The van der Waals surface area contributed by atoms with Gasteiger partial charge in [0.15, 0.2) is 0 Å². The van der Waals surface area contributed by atoms with Crippen molar-refractivity contribution in [1.82, 2.24) is 9.47 Å². The van der Waals surface area contributed by atoms with Crippen LogP contribution < -0.4 is 0 Å². The Bertz CT molecular complexity index is 802. The van der Waals surface area contributed by atoms with Crippen LogP contribution in [0.15, 0.2) is 10.2 Å². The molecule has 4 rings (SSSR count). The van der Waals surface area contributed by atoms with Crippen LogP contribution in [0.25, 0.3) is 0 Å². The first kappa shape index (κ1) is 21.9. The van der Waals surface area contributed by atoms with Gasteiger partial charge in [0.1, 0.15) is 5.76 Å². The average molecular weight is 479 g/mol. The van der Waals surface area contributed by atoms with Crippen LogP contribution in [-0.2, 0) is 28.9 Å². The second-order valence-corrected chi connectivity index (χ2v) is 9.81. The monoisotopic (exact) mass is 478 g/mol. The number of halogens is 1. The number of likely N-dealkylation sites (tertiary alicyclic amines) is 1. The molecule has 0 bridgehead atoms. The topological polar surface area (TPSA) is 43.7 Å². The number of esters is 1. The van der Waals surface area contributed by atoms with Gasteiger partial charge in [-0.1, -0.05) is 41.6 Å². The minimum absolute atomic E-state index is 0.163. The van der Waals surface area contributed by atoms with Gasteiger partial charge in [-0.05, 0) is 51.3 Å². The van der Waals surface area contributed by atoms with E-state index in [1.165, 1.54) is 62.8 Å². The minimum Gasteiger partial charge on any atom is -0.500 e. The molecule has 0 aromatic carbocycles. The molecular formula is C24H35BrN2O3. The van der Waals surface area contributed by atoms with Crippen LogP contribution in [0.2, 0.25) is 0 Å². The summed E-state index contributed by atoms with van der Waals surface area (Å²) in [5, 5.41) is 0. The van der Waals surface area contributed by atoms with Gasteiger partial charge in [0.25, 0.3) is 0 Å². The Morgan fingerprint density at radius 3 is 2.43 bits per heavy atom. The Balaban J connectivity index is 1.82. The third kappa shape index (κ3) is 4.36. The standard InChI is InChI=1S/C24H35BrN2O3/c1-3-30-24(28)23-18-14-22(29-2)19(25)15-20(18)27(17-10-6-4-7-11-17)21(23)16-26-12-8-5-9-13-26/h17H,3-16H2,1-2H3. The highest BCUT2D eigenvalue weighted by molar-refractivity contribution is 9.11. The number of carbonyl (C=O) groups is 1. The Morgan fingerprint density at radius 1 is 1.07 bits per heavy atom. The summed E-state index contributed by atoms with van der Waals surface area (Å²) in [6, 6.07) is 0.486. The lowest BCUT2D eigenvalue weighted by Crippen LogP contribution is -2.31. The van der Waals surface area contributed by atoms with E-state index in [-0.39, 0.29) is 5.97 Å². The molecule has 5 nitrogen and oxygen atoms in total. The fourth-order valence-electron chi connectivity index (χ4n) is 5.52. The number of piperidine rings is 1. The lowest BCUT2D eigenvalue weighted by atomic mass is 9.94. The lowest BCUT2D eigenvalue weighted by Gasteiger charge is -2.32. The molecule has 1 aromatic heterocycles. The first-order valence-electron chi connectivity index (χ1n) is 11.7. The van der Waals surface area contributed by atoms with Gasteiger partial charge in [0.2, 0.25) is 0 Å². The molecule has 1 saturated heterocycles. The first-order chi connectivity index (χ1) is 14.6. The maximum Gasteiger partial charge on any atom is 0.340 e. The molecule has 1 aliphatic heterocycles. The number of ether oxygens (including phenoxy) is 2. The van der Waals surface area contributed by atoms with Crippen LogP contribution in [-0.4, -0.2) is 42.2 Å². The number of carbonyl (C=O) groups excluding carboxylic acids is 1. The van der Waals surface area contributed by atoms with E-state index in [0.29, 0.717) is 19.1 Å². The Kier molecular flexibility index (Phi) is 7.24. The van der Waals surface area contributed by atoms with Crippen molar-refractivity contribution in [2.45, 2.75) is 83.7 Å². The van der Waals surface area contributed by atoms with E-state index in [2.05, 4.69) is 25.4 Å². The molecule has 2 fully saturated rings. The fourth-order valence-corrected chi connectivity index (χ4v) is 6.09. The van der Waals surface area contributed by atoms with Gasteiger partial charge >= 0.3 is 5.97 Å². The van der Waals surface area contributed by atoms with Crippen molar-refractivity contribution in [3.05, 3.63) is 32.8 Å². The zero-order chi connectivity index (χ0) is 21.1. The molecule has 0 unspecified atom stereocenters. The van der Waals surface area contributed by atoms with E-state index in [1.807, 2.05) is 6.92 Å². The number of fused-ring (bicyclic) bond motifs is 1. The van der Waals surface area contributed by atoms with Gasteiger partial charge in [-0.2, -0.15) is 0 Å². The minimum atomic E-state index is -0.163. The summed E-state index contributed by atoms with van der Waals surface area (Å²) in [6.45, 7) is 5.38. The summed E-state index contributed by atoms with van der Waals surface area (Å²) in [5.74, 6) is 0.766. The molecule has 6 heteroatoms. The lowest BCUT2D eigenvalue weighted by molar-refractivity contribution is 0.0521. The number of aromatic nitrogens is 1. The van der Waals surface area contributed by atoms with E-state index in [0.717, 1.165) is 47.4 Å². The fraction of sp³-hybridized carbons (Fsp3) is 0.708. The van der Waals surface area contributed by atoms with Crippen LogP contribution in [0.5, 0.6) is 0 Å². The number of hydrogen-bond donors (Lipinski definition) is 0. The predicted octanol–water partition coefficient (Wildman–Crippen LogP) is 5.51. The maximum absolute atomic E-state index is 13.2. The largest absolute Gasteiger partial charge is 0.500 e. The van der Waals surface area contributed by atoms with Crippen molar-refractivity contribution in [3.8, 4) is 0 Å². The number of rotatable bonds is 6. The smallest absolute Gasteiger partial charge is 0.340 e. The third-order valence-electron chi connectivity index (χ3n) is 6.97. The second kappa shape index (κ2) is 9.90. The third-order valence-corrected chi connectivity index (χ3v) is 7.69. The highest BCUT2D eigenvalue weighted by Crippen LogP contribution is 2.41. The molecule has 0 atom stereocenters. The molecule has 3 aliphatic rings. The Labute approximate surface area is 188 Å². The Hall–Kier alpha value is -1.27. The van der Waals surface area contributed by atoms with E-state index in [4.69, 9.17) is 9.47 Å². The van der Waals surface area contributed by atoms with Crippen LogP contribution in [0.4, 0.5) is 0 Å². The first-order valence-corrected chi connectivity index (χ1v) is 12.5. The van der Waals surface area contributed by atoms with Gasteiger partial charge in [0.05, 0.1) is 19.3 Å². The molecule has 166 valence electrons. The number of hydrogen-bond acceptors (Lipinski definition) is 4. The summed E-state index contributed by atoms with van der Waals surface area (Å²) in [7, 11) is 1.72. The zero-order valence-electron chi connectivity index (χ0n) is 18.5. The summed E-state index contributed by atoms with van der Waals surface area (Å²) >= 11 is 3.76. The molecule has 0 amide bonds. The van der Waals surface area contributed by atoms with Gasteiger partial charge in [-0.3, -0.25) is 4.90 Å². The molecule has 0 radical (unpaired) electrons. The van der Waals surface area contributed by atoms with Crippen molar-refractivity contribution in [3.63, 3.8) is 0 Å². The zero-order valence-corrected chi connectivity index (χ0v) is 20.1. The highest BCUT2D eigenvalue weighted by Gasteiger charge is 2.35. The van der Waals surface area contributed by atoms with Crippen LogP contribution in [0.3, 0.4) is 0 Å². The SMILES string of the molecule is CCOC(=O)c1c2c(n(C3CCCCC3)c1CN1CCCCC1)CC(Br)=C(OC)C2. The molecule has 0 spiro atoms. The summed E-state index contributed by atoms with van der Waals surface area (Å²) in [6.07, 6.45) is 11.5. The molecule has 0 N–H and O–H groups in total. The number of nitrogens with zero attached hydrogens (tertiary/aromatic N) is 2. The van der Waals surface area contributed by atoms with E-state index in [1.54, 1.807) is 7.11 Å². The van der Waals surface area contributed by atoms with Gasteiger partial charge in [0, 0.05) is 41.3 Å². The van der Waals surface area contributed by atoms with Crippen molar-refractivity contribution in [2.24, 2.45) is 0 Å². The van der Waals surface area contributed by atoms with Crippen LogP contribution in [0.1, 0.15) is 91.6 Å². The summed E-state index contributed by atoms with van der Waals surface area (Å²) in [4.78, 5) is 15.8. The van der Waals surface area contributed by atoms with Gasteiger partial charge in [-0.25, -0.2) is 4.79 Å². The summed E-state index contributed by atoms with van der Waals surface area (Å²) in [5.41, 5.74) is 4.43. The number of methoxy groups -OCH3 is 1. The van der Waals surface area contributed by atoms with Crippen molar-refractivity contribution >= 4 is 21.9 Å². The molecule has 1 saturated carbocycles. The molecule has 30 heavy (non-hydrogen) atoms. The molecule has 2 aliphatic carbocycles. The normalized spacial score (nSPS) is 20.9. The molecule has 2 heterocycles. The quantitative estimate of drug-likeness (QED) is 0.505. The average Bonchev–Trinajstić information content (AvgIpc) is 3.07.